The van der Waals surface area contributed by atoms with E-state index in [9.17, 15) is 13.2 Å². The van der Waals surface area contributed by atoms with Gasteiger partial charge in [-0.2, -0.15) is 13.2 Å². The number of rotatable bonds is 5. The summed E-state index contributed by atoms with van der Waals surface area (Å²) in [7, 11) is 3.70. The largest absolute Gasteiger partial charge is 0.390 e. The van der Waals surface area contributed by atoms with E-state index in [4.69, 9.17) is 0 Å². The summed E-state index contributed by atoms with van der Waals surface area (Å²) >= 11 is 0. The van der Waals surface area contributed by atoms with E-state index in [1.165, 1.54) is 6.42 Å². The molecule has 1 fully saturated rings. The van der Waals surface area contributed by atoms with Crippen LogP contribution in [0.15, 0.2) is 0 Å². The Hall–Kier alpha value is -0.290. The van der Waals surface area contributed by atoms with Crippen LogP contribution in [0.3, 0.4) is 0 Å². The van der Waals surface area contributed by atoms with Crippen molar-refractivity contribution in [3.63, 3.8) is 0 Å². The van der Waals surface area contributed by atoms with Crippen molar-refractivity contribution in [3.05, 3.63) is 0 Å². The van der Waals surface area contributed by atoms with E-state index in [0.717, 1.165) is 19.4 Å². The number of nitrogens with one attached hydrogen (secondary N) is 1. The van der Waals surface area contributed by atoms with Crippen LogP contribution < -0.4 is 5.32 Å². The zero-order valence-corrected chi connectivity index (χ0v) is 9.98. The maximum Gasteiger partial charge on any atom is 0.390 e. The van der Waals surface area contributed by atoms with Crippen LogP contribution in [-0.4, -0.2) is 44.3 Å². The summed E-state index contributed by atoms with van der Waals surface area (Å²) < 4.78 is 36.1. The third kappa shape index (κ3) is 4.70. The minimum atomic E-state index is -4.04. The van der Waals surface area contributed by atoms with Gasteiger partial charge in [0, 0.05) is 19.1 Å². The average molecular weight is 238 g/mol. The van der Waals surface area contributed by atoms with Gasteiger partial charge >= 0.3 is 6.18 Å². The van der Waals surface area contributed by atoms with Crippen LogP contribution >= 0.6 is 0 Å². The molecule has 1 aliphatic carbocycles. The van der Waals surface area contributed by atoms with Crippen molar-refractivity contribution in [2.24, 2.45) is 5.92 Å². The summed E-state index contributed by atoms with van der Waals surface area (Å²) in [5.41, 5.74) is 0. The summed E-state index contributed by atoms with van der Waals surface area (Å²) in [6.07, 6.45) is -1.29. The van der Waals surface area contributed by atoms with Crippen molar-refractivity contribution in [3.8, 4) is 0 Å². The predicted octanol–water partition coefficient (Wildman–Crippen LogP) is 2.26. The Morgan fingerprint density at radius 2 is 2.00 bits per heavy atom. The lowest BCUT2D eigenvalue weighted by Gasteiger charge is -2.25. The summed E-state index contributed by atoms with van der Waals surface area (Å²) in [6, 6.07) is 0.480. The molecule has 0 bridgehead atoms. The topological polar surface area (TPSA) is 15.3 Å². The molecule has 0 aromatic carbocycles. The van der Waals surface area contributed by atoms with Gasteiger partial charge in [-0.15, -0.1) is 0 Å². The Morgan fingerprint density at radius 1 is 1.31 bits per heavy atom. The highest BCUT2D eigenvalue weighted by atomic mass is 19.4. The van der Waals surface area contributed by atoms with E-state index in [2.05, 4.69) is 5.32 Å². The third-order valence-electron chi connectivity index (χ3n) is 3.35. The van der Waals surface area contributed by atoms with Gasteiger partial charge in [-0.25, -0.2) is 0 Å². The van der Waals surface area contributed by atoms with Gasteiger partial charge in [0.15, 0.2) is 0 Å². The van der Waals surface area contributed by atoms with Crippen LogP contribution in [0.4, 0.5) is 13.2 Å². The van der Waals surface area contributed by atoms with Gasteiger partial charge < -0.3 is 10.2 Å². The molecule has 0 heterocycles. The summed E-state index contributed by atoms with van der Waals surface area (Å²) in [5.74, 6) is 0.503. The number of halogens is 3. The van der Waals surface area contributed by atoms with Gasteiger partial charge in [0.05, 0.1) is 6.42 Å². The van der Waals surface area contributed by atoms with Gasteiger partial charge in [-0.1, -0.05) is 6.42 Å². The molecule has 96 valence electrons. The molecular weight excluding hydrogens is 217 g/mol. The highest BCUT2D eigenvalue weighted by Crippen LogP contribution is 2.26. The second-order valence-electron chi connectivity index (χ2n) is 4.71. The Balaban J connectivity index is 2.25. The first-order valence-electron chi connectivity index (χ1n) is 5.85. The Labute approximate surface area is 95.2 Å². The highest BCUT2D eigenvalue weighted by molar-refractivity contribution is 4.83. The fraction of sp³-hybridized carbons (Fsp3) is 1.00. The summed E-state index contributed by atoms with van der Waals surface area (Å²) in [4.78, 5) is 1.80. The van der Waals surface area contributed by atoms with Gasteiger partial charge in [-0.3, -0.25) is 0 Å². The molecular formula is C11H21F3N2. The molecule has 2 nitrogen and oxygen atoms in total. The van der Waals surface area contributed by atoms with Crippen LogP contribution in [0.1, 0.15) is 25.7 Å². The molecule has 0 amide bonds. The molecule has 0 radical (unpaired) electrons. The second-order valence-corrected chi connectivity index (χ2v) is 4.71. The fourth-order valence-corrected chi connectivity index (χ4v) is 2.44. The Kier molecular flexibility index (Phi) is 5.05. The SMILES string of the molecule is CNC1CCCC1CN(C)CCC(F)(F)F. The Morgan fingerprint density at radius 3 is 2.56 bits per heavy atom. The first kappa shape index (κ1) is 13.8. The van der Waals surface area contributed by atoms with E-state index >= 15 is 0 Å². The Bertz CT molecular complexity index is 206. The van der Waals surface area contributed by atoms with Crippen molar-refractivity contribution in [2.75, 3.05) is 27.2 Å². The molecule has 1 N–H and O–H groups in total. The first-order chi connectivity index (χ1) is 7.42. The fourth-order valence-electron chi connectivity index (χ4n) is 2.44. The van der Waals surface area contributed by atoms with Crippen molar-refractivity contribution >= 4 is 0 Å². The molecule has 0 aromatic heterocycles. The third-order valence-corrected chi connectivity index (χ3v) is 3.35. The molecule has 1 saturated carbocycles. The van der Waals surface area contributed by atoms with Crippen LogP contribution in [-0.2, 0) is 0 Å². The molecule has 2 atom stereocenters. The van der Waals surface area contributed by atoms with Gasteiger partial charge in [-0.05, 0) is 32.9 Å². The van der Waals surface area contributed by atoms with Gasteiger partial charge in [0.25, 0.3) is 0 Å². The predicted molar refractivity (Wildman–Crippen MR) is 58.4 cm³/mol. The zero-order valence-electron chi connectivity index (χ0n) is 9.98. The van der Waals surface area contributed by atoms with E-state index < -0.39 is 12.6 Å². The standard InChI is InChI=1S/C11H21F3N2/c1-15-10-5-3-4-9(10)8-16(2)7-6-11(12,13)14/h9-10,15H,3-8H2,1-2H3. The molecule has 0 aliphatic heterocycles. The van der Waals surface area contributed by atoms with Crippen molar-refractivity contribution < 1.29 is 13.2 Å². The number of alkyl halides is 3. The smallest absolute Gasteiger partial charge is 0.317 e. The van der Waals surface area contributed by atoms with Gasteiger partial charge in [0.1, 0.15) is 0 Å². The van der Waals surface area contributed by atoms with Crippen LogP contribution in [0.25, 0.3) is 0 Å². The van der Waals surface area contributed by atoms with Crippen molar-refractivity contribution in [2.45, 2.75) is 37.9 Å². The minimum absolute atomic E-state index is 0.108. The molecule has 16 heavy (non-hydrogen) atoms. The molecule has 0 spiro atoms. The van der Waals surface area contributed by atoms with E-state index in [-0.39, 0.29) is 6.54 Å². The number of nitrogens with zero attached hydrogens (tertiary/aromatic N) is 1. The molecule has 0 saturated heterocycles. The zero-order chi connectivity index (χ0) is 12.2. The molecule has 5 heteroatoms. The molecule has 1 rings (SSSR count). The summed E-state index contributed by atoms with van der Waals surface area (Å²) in [5, 5.41) is 3.24. The summed E-state index contributed by atoms with van der Waals surface area (Å²) in [6.45, 7) is 0.873. The van der Waals surface area contributed by atoms with Crippen LogP contribution in [0.2, 0.25) is 0 Å². The molecule has 2 unspecified atom stereocenters. The lowest BCUT2D eigenvalue weighted by atomic mass is 10.0. The van der Waals surface area contributed by atoms with E-state index in [1.54, 1.807) is 11.9 Å². The van der Waals surface area contributed by atoms with E-state index in [1.807, 2.05) is 7.05 Å². The average Bonchev–Trinajstić information content (AvgIpc) is 2.61. The van der Waals surface area contributed by atoms with Crippen LogP contribution in [0.5, 0.6) is 0 Å². The second kappa shape index (κ2) is 5.87. The lowest BCUT2D eigenvalue weighted by Crippen LogP contribution is -2.37. The minimum Gasteiger partial charge on any atom is -0.317 e. The molecule has 0 aromatic rings. The maximum atomic E-state index is 12.0. The van der Waals surface area contributed by atoms with Crippen LogP contribution in [0, 0.1) is 5.92 Å². The highest BCUT2D eigenvalue weighted by Gasteiger charge is 2.29. The first-order valence-corrected chi connectivity index (χ1v) is 5.85. The normalized spacial score (nSPS) is 26.6. The lowest BCUT2D eigenvalue weighted by molar-refractivity contribution is -0.137. The quantitative estimate of drug-likeness (QED) is 0.790. The number of hydrogen-bond acceptors (Lipinski definition) is 2. The maximum absolute atomic E-state index is 12.0. The molecule has 1 aliphatic rings. The van der Waals surface area contributed by atoms with Crippen molar-refractivity contribution in [1.29, 1.82) is 0 Å². The van der Waals surface area contributed by atoms with E-state index in [0.29, 0.717) is 12.0 Å². The number of hydrogen-bond donors (Lipinski definition) is 1. The van der Waals surface area contributed by atoms with Crippen molar-refractivity contribution in [1.82, 2.24) is 10.2 Å². The monoisotopic (exact) mass is 238 g/mol. The van der Waals surface area contributed by atoms with Gasteiger partial charge in [0.2, 0.25) is 0 Å².